The molecule has 0 unspecified atom stereocenters. The van der Waals surface area contributed by atoms with Crippen molar-refractivity contribution in [2.75, 3.05) is 5.75 Å². The topological polar surface area (TPSA) is 54.5 Å². The third-order valence-electron chi connectivity index (χ3n) is 2.60. The van der Waals surface area contributed by atoms with Crippen molar-refractivity contribution in [1.29, 1.82) is 5.26 Å². The number of aromatic nitrogens is 3. The maximum Gasteiger partial charge on any atom is 0.153 e. The Balaban J connectivity index is 1.82. The highest BCUT2D eigenvalue weighted by atomic mass is 32.2. The Morgan fingerprint density at radius 1 is 1.39 bits per heavy atom. The lowest BCUT2D eigenvalue weighted by atomic mass is 10.4. The molecule has 0 aliphatic heterocycles. The molecule has 0 bridgehead atoms. The lowest BCUT2D eigenvalue weighted by Gasteiger charge is -2.05. The van der Waals surface area contributed by atoms with E-state index in [1.54, 1.807) is 18.0 Å². The Kier molecular flexibility index (Phi) is 4.37. The third-order valence-corrected chi connectivity index (χ3v) is 3.73. The highest BCUT2D eigenvalue weighted by molar-refractivity contribution is 7.99. The second-order valence-electron chi connectivity index (χ2n) is 3.83. The van der Waals surface area contributed by atoms with Crippen LogP contribution in [0, 0.1) is 18.3 Å². The summed E-state index contributed by atoms with van der Waals surface area (Å²) < 4.78 is 2.13. The molecule has 0 aliphatic rings. The molecular formula is C13H14N4S. The lowest BCUT2D eigenvalue weighted by Crippen LogP contribution is -2.00. The molecule has 0 atom stereocenters. The SMILES string of the molecule is Cc1nccn1CCCSc1cccnc1C#N. The summed E-state index contributed by atoms with van der Waals surface area (Å²) in [6.45, 7) is 2.96. The zero-order chi connectivity index (χ0) is 12.8. The van der Waals surface area contributed by atoms with Crippen LogP contribution in [0.3, 0.4) is 0 Å². The van der Waals surface area contributed by atoms with E-state index < -0.39 is 0 Å². The molecule has 0 saturated carbocycles. The van der Waals surface area contributed by atoms with Crippen LogP contribution in [0.1, 0.15) is 17.9 Å². The average Bonchev–Trinajstić information content (AvgIpc) is 2.81. The van der Waals surface area contributed by atoms with Crippen LogP contribution in [0.5, 0.6) is 0 Å². The van der Waals surface area contributed by atoms with Gasteiger partial charge in [-0.3, -0.25) is 0 Å². The Morgan fingerprint density at radius 2 is 2.28 bits per heavy atom. The number of hydrogen-bond acceptors (Lipinski definition) is 4. The van der Waals surface area contributed by atoms with Gasteiger partial charge in [0.15, 0.2) is 5.69 Å². The van der Waals surface area contributed by atoms with Gasteiger partial charge in [0.05, 0.1) is 0 Å². The minimum Gasteiger partial charge on any atom is -0.335 e. The van der Waals surface area contributed by atoms with Crippen LogP contribution in [0.2, 0.25) is 0 Å². The Bertz CT molecular complexity index is 556. The number of imidazole rings is 1. The van der Waals surface area contributed by atoms with Gasteiger partial charge in [0.1, 0.15) is 11.9 Å². The summed E-state index contributed by atoms with van der Waals surface area (Å²) in [7, 11) is 0. The monoisotopic (exact) mass is 258 g/mol. The number of pyridine rings is 1. The van der Waals surface area contributed by atoms with Gasteiger partial charge in [-0.05, 0) is 31.2 Å². The number of hydrogen-bond donors (Lipinski definition) is 0. The van der Waals surface area contributed by atoms with E-state index in [1.807, 2.05) is 31.5 Å². The van der Waals surface area contributed by atoms with E-state index in [-0.39, 0.29) is 0 Å². The first kappa shape index (κ1) is 12.7. The highest BCUT2D eigenvalue weighted by Gasteiger charge is 2.03. The van der Waals surface area contributed by atoms with Gasteiger partial charge in [0.25, 0.3) is 0 Å². The number of rotatable bonds is 5. The van der Waals surface area contributed by atoms with Crippen molar-refractivity contribution < 1.29 is 0 Å². The van der Waals surface area contributed by atoms with Crippen LogP contribution < -0.4 is 0 Å². The van der Waals surface area contributed by atoms with E-state index in [2.05, 4.69) is 20.6 Å². The highest BCUT2D eigenvalue weighted by Crippen LogP contribution is 2.21. The molecule has 0 fully saturated rings. The van der Waals surface area contributed by atoms with Crippen LogP contribution in [-0.4, -0.2) is 20.3 Å². The first-order chi connectivity index (χ1) is 8.81. The molecule has 18 heavy (non-hydrogen) atoms. The molecule has 0 aromatic carbocycles. The zero-order valence-electron chi connectivity index (χ0n) is 10.2. The Labute approximate surface area is 111 Å². The quantitative estimate of drug-likeness (QED) is 0.611. The van der Waals surface area contributed by atoms with Crippen LogP contribution in [-0.2, 0) is 6.54 Å². The van der Waals surface area contributed by atoms with Gasteiger partial charge < -0.3 is 4.57 Å². The molecule has 0 spiro atoms. The van der Waals surface area contributed by atoms with Crippen molar-refractivity contribution >= 4 is 11.8 Å². The predicted molar refractivity (Wildman–Crippen MR) is 71.3 cm³/mol. The van der Waals surface area contributed by atoms with Gasteiger partial charge in [-0.25, -0.2) is 9.97 Å². The van der Waals surface area contributed by atoms with E-state index in [1.165, 1.54) is 0 Å². The first-order valence-corrected chi connectivity index (χ1v) is 6.75. The molecule has 2 aromatic heterocycles. The maximum absolute atomic E-state index is 8.92. The fourth-order valence-corrected chi connectivity index (χ4v) is 2.55. The number of aryl methyl sites for hydroxylation is 2. The summed E-state index contributed by atoms with van der Waals surface area (Å²) >= 11 is 1.68. The molecule has 0 amide bonds. The van der Waals surface area contributed by atoms with Crippen molar-refractivity contribution in [3.05, 3.63) is 42.2 Å². The molecule has 2 aromatic rings. The third kappa shape index (κ3) is 3.11. The van der Waals surface area contributed by atoms with Crippen LogP contribution in [0.4, 0.5) is 0 Å². The van der Waals surface area contributed by atoms with Gasteiger partial charge in [0.2, 0.25) is 0 Å². The number of nitriles is 1. The standard InChI is InChI=1S/C13H14N4S/c1-11-15-6-8-17(11)7-3-9-18-13-4-2-5-16-12(13)10-14/h2,4-6,8H,3,7,9H2,1H3. The normalized spacial score (nSPS) is 10.2. The van der Waals surface area contributed by atoms with E-state index in [0.29, 0.717) is 5.69 Å². The van der Waals surface area contributed by atoms with Crippen molar-refractivity contribution in [2.24, 2.45) is 0 Å². The van der Waals surface area contributed by atoms with Gasteiger partial charge in [0, 0.05) is 30.0 Å². The van der Waals surface area contributed by atoms with Crippen LogP contribution >= 0.6 is 11.8 Å². The lowest BCUT2D eigenvalue weighted by molar-refractivity contribution is 0.662. The van der Waals surface area contributed by atoms with Crippen LogP contribution in [0.15, 0.2) is 35.6 Å². The summed E-state index contributed by atoms with van der Waals surface area (Å²) in [5, 5.41) is 8.92. The molecule has 4 nitrogen and oxygen atoms in total. The van der Waals surface area contributed by atoms with Gasteiger partial charge in [-0.2, -0.15) is 5.26 Å². The largest absolute Gasteiger partial charge is 0.335 e. The van der Waals surface area contributed by atoms with E-state index in [4.69, 9.17) is 5.26 Å². The summed E-state index contributed by atoms with van der Waals surface area (Å²) in [5.74, 6) is 2.01. The fraction of sp³-hybridized carbons (Fsp3) is 0.308. The second kappa shape index (κ2) is 6.22. The predicted octanol–water partition coefficient (Wildman–Crippen LogP) is 2.64. The molecule has 92 valence electrons. The molecule has 2 heterocycles. The average molecular weight is 258 g/mol. The molecule has 0 N–H and O–H groups in total. The number of thioether (sulfide) groups is 1. The summed E-state index contributed by atoms with van der Waals surface area (Å²) in [6, 6.07) is 5.92. The molecule has 2 rings (SSSR count). The van der Waals surface area contributed by atoms with E-state index >= 15 is 0 Å². The summed E-state index contributed by atoms with van der Waals surface area (Å²) in [4.78, 5) is 9.19. The van der Waals surface area contributed by atoms with Gasteiger partial charge in [-0.15, -0.1) is 11.8 Å². The zero-order valence-corrected chi connectivity index (χ0v) is 11.0. The smallest absolute Gasteiger partial charge is 0.153 e. The fourth-order valence-electron chi connectivity index (χ4n) is 1.65. The molecule has 5 heteroatoms. The van der Waals surface area contributed by atoms with Gasteiger partial charge >= 0.3 is 0 Å². The summed E-state index contributed by atoms with van der Waals surface area (Å²) in [5.41, 5.74) is 0.515. The Morgan fingerprint density at radius 3 is 3.00 bits per heavy atom. The molecule has 0 aliphatic carbocycles. The van der Waals surface area contributed by atoms with E-state index in [0.717, 1.165) is 29.4 Å². The maximum atomic E-state index is 8.92. The molecule has 0 radical (unpaired) electrons. The Hall–Kier alpha value is -1.80. The van der Waals surface area contributed by atoms with Crippen molar-refractivity contribution in [3.63, 3.8) is 0 Å². The van der Waals surface area contributed by atoms with E-state index in [9.17, 15) is 0 Å². The van der Waals surface area contributed by atoms with Gasteiger partial charge in [-0.1, -0.05) is 0 Å². The number of nitrogens with zero attached hydrogens (tertiary/aromatic N) is 4. The van der Waals surface area contributed by atoms with Crippen LogP contribution in [0.25, 0.3) is 0 Å². The van der Waals surface area contributed by atoms with Crippen molar-refractivity contribution in [3.8, 4) is 6.07 Å². The minimum absolute atomic E-state index is 0.515. The van der Waals surface area contributed by atoms with Crippen molar-refractivity contribution in [2.45, 2.75) is 24.8 Å². The molecular weight excluding hydrogens is 244 g/mol. The molecule has 0 saturated heterocycles. The van der Waals surface area contributed by atoms with Crippen molar-refractivity contribution in [1.82, 2.24) is 14.5 Å². The summed E-state index contributed by atoms with van der Waals surface area (Å²) in [6.07, 6.45) is 6.50. The second-order valence-corrected chi connectivity index (χ2v) is 4.97. The minimum atomic E-state index is 0.515. The first-order valence-electron chi connectivity index (χ1n) is 5.77.